The van der Waals surface area contributed by atoms with E-state index in [-0.39, 0.29) is 11.5 Å². The van der Waals surface area contributed by atoms with Crippen LogP contribution >= 0.6 is 11.6 Å². The Bertz CT molecular complexity index is 661. The summed E-state index contributed by atoms with van der Waals surface area (Å²) >= 11 is 6.11. The zero-order valence-electron chi connectivity index (χ0n) is 11.0. The fourth-order valence-electron chi connectivity index (χ4n) is 1.68. The van der Waals surface area contributed by atoms with Crippen molar-refractivity contribution >= 4 is 34.6 Å². The zero-order valence-corrected chi connectivity index (χ0v) is 11.7. The Hall–Kier alpha value is -2.34. The first-order valence-electron chi connectivity index (χ1n) is 5.87. The second-order valence-electron chi connectivity index (χ2n) is 4.18. The van der Waals surface area contributed by atoms with Crippen molar-refractivity contribution < 1.29 is 4.92 Å². The molecule has 20 heavy (non-hydrogen) atoms. The Kier molecular flexibility index (Phi) is 4.05. The Morgan fingerprint density at radius 3 is 2.65 bits per heavy atom. The molecule has 2 rings (SSSR count). The lowest BCUT2D eigenvalue weighted by molar-refractivity contribution is -0.384. The van der Waals surface area contributed by atoms with Crippen LogP contribution in [0, 0.1) is 17.0 Å². The molecule has 7 heteroatoms. The van der Waals surface area contributed by atoms with Crippen molar-refractivity contribution in [2.75, 3.05) is 17.7 Å². The predicted molar refractivity (Wildman–Crippen MR) is 79.9 cm³/mol. The number of pyridine rings is 1. The number of nitrogens with zero attached hydrogens (tertiary/aromatic N) is 2. The molecule has 1 heterocycles. The summed E-state index contributed by atoms with van der Waals surface area (Å²) < 4.78 is 0. The maximum atomic E-state index is 11.0. The van der Waals surface area contributed by atoms with Crippen LogP contribution in [-0.2, 0) is 0 Å². The number of halogens is 1. The van der Waals surface area contributed by atoms with Gasteiger partial charge in [-0.1, -0.05) is 17.7 Å². The first kappa shape index (κ1) is 14.1. The summed E-state index contributed by atoms with van der Waals surface area (Å²) in [5, 5.41) is 17.2. The van der Waals surface area contributed by atoms with Crippen molar-refractivity contribution in [1.29, 1.82) is 0 Å². The van der Waals surface area contributed by atoms with Crippen molar-refractivity contribution in [2.24, 2.45) is 0 Å². The van der Waals surface area contributed by atoms with E-state index in [1.54, 1.807) is 25.2 Å². The van der Waals surface area contributed by atoms with E-state index in [0.29, 0.717) is 16.5 Å². The van der Waals surface area contributed by atoms with Crippen LogP contribution in [0.25, 0.3) is 0 Å². The minimum Gasteiger partial charge on any atom is -0.373 e. The molecule has 0 radical (unpaired) electrons. The maximum Gasteiger partial charge on any atom is 0.311 e. The summed E-state index contributed by atoms with van der Waals surface area (Å²) in [6.45, 7) is 1.91. The minimum atomic E-state index is -0.489. The van der Waals surface area contributed by atoms with Gasteiger partial charge in [0.2, 0.25) is 5.82 Å². The fraction of sp³-hybridized carbons (Fsp3) is 0.154. The van der Waals surface area contributed by atoms with Gasteiger partial charge >= 0.3 is 5.69 Å². The van der Waals surface area contributed by atoms with Gasteiger partial charge in [0.1, 0.15) is 5.82 Å². The van der Waals surface area contributed by atoms with Gasteiger partial charge in [-0.25, -0.2) is 4.98 Å². The van der Waals surface area contributed by atoms with Crippen molar-refractivity contribution in [3.05, 3.63) is 51.0 Å². The van der Waals surface area contributed by atoms with Gasteiger partial charge in [-0.2, -0.15) is 0 Å². The van der Waals surface area contributed by atoms with Crippen LogP contribution < -0.4 is 10.6 Å². The Morgan fingerprint density at radius 1 is 1.30 bits per heavy atom. The average Bonchev–Trinajstić information content (AvgIpc) is 2.41. The molecular weight excluding hydrogens is 280 g/mol. The molecule has 0 amide bonds. The number of hydrogen-bond donors (Lipinski definition) is 2. The smallest absolute Gasteiger partial charge is 0.311 e. The molecule has 0 atom stereocenters. The number of aromatic nitrogens is 1. The number of nitro groups is 1. The van der Waals surface area contributed by atoms with Gasteiger partial charge in [-0.3, -0.25) is 10.1 Å². The van der Waals surface area contributed by atoms with Gasteiger partial charge in [-0.05, 0) is 30.7 Å². The molecule has 0 saturated heterocycles. The highest BCUT2D eigenvalue weighted by Gasteiger charge is 2.17. The van der Waals surface area contributed by atoms with Crippen LogP contribution in [0.5, 0.6) is 0 Å². The molecule has 2 N–H and O–H groups in total. The quantitative estimate of drug-likeness (QED) is 0.663. The van der Waals surface area contributed by atoms with Crippen LogP contribution in [0.15, 0.2) is 30.3 Å². The predicted octanol–water partition coefficient (Wildman–Crippen LogP) is 3.74. The number of hydrogen-bond acceptors (Lipinski definition) is 5. The second kappa shape index (κ2) is 5.75. The molecule has 0 spiro atoms. The summed E-state index contributed by atoms with van der Waals surface area (Å²) in [4.78, 5) is 14.7. The van der Waals surface area contributed by atoms with E-state index in [2.05, 4.69) is 15.6 Å². The van der Waals surface area contributed by atoms with Gasteiger partial charge in [0, 0.05) is 13.1 Å². The third-order valence-electron chi connectivity index (χ3n) is 2.70. The summed E-state index contributed by atoms with van der Waals surface area (Å²) in [5.41, 5.74) is 1.47. The summed E-state index contributed by atoms with van der Waals surface area (Å²) in [6, 6.07) is 8.33. The lowest BCUT2D eigenvalue weighted by atomic mass is 10.2. The Labute approximate surface area is 120 Å². The van der Waals surface area contributed by atoms with E-state index in [1.807, 2.05) is 13.0 Å². The summed E-state index contributed by atoms with van der Waals surface area (Å²) in [7, 11) is 1.69. The minimum absolute atomic E-state index is 0.111. The molecule has 0 saturated carbocycles. The van der Waals surface area contributed by atoms with Gasteiger partial charge in [-0.15, -0.1) is 0 Å². The van der Waals surface area contributed by atoms with Crippen LogP contribution in [-0.4, -0.2) is 17.0 Å². The molecule has 0 unspecified atom stereocenters. The van der Waals surface area contributed by atoms with Crippen molar-refractivity contribution in [3.8, 4) is 0 Å². The number of anilines is 3. The van der Waals surface area contributed by atoms with E-state index in [0.717, 1.165) is 5.56 Å². The largest absolute Gasteiger partial charge is 0.373 e. The highest BCUT2D eigenvalue weighted by Crippen LogP contribution is 2.31. The van der Waals surface area contributed by atoms with Crippen LogP contribution in [0.2, 0.25) is 5.02 Å². The molecule has 2 aromatic rings. The van der Waals surface area contributed by atoms with E-state index >= 15 is 0 Å². The standard InChI is InChI=1S/C13H13ClN4O2/c1-8-3-4-10(9(14)7-8)16-13-11(18(19)20)5-6-12(15-2)17-13/h3-7H,1-2H3,(H2,15,16,17). The topological polar surface area (TPSA) is 80.1 Å². The van der Waals surface area contributed by atoms with Crippen molar-refractivity contribution in [1.82, 2.24) is 4.98 Å². The molecule has 104 valence electrons. The normalized spacial score (nSPS) is 10.2. The summed E-state index contributed by atoms with van der Waals surface area (Å²) in [5.74, 6) is 0.675. The van der Waals surface area contributed by atoms with Crippen LogP contribution in [0.3, 0.4) is 0 Å². The molecule has 0 aliphatic rings. The van der Waals surface area contributed by atoms with Crippen molar-refractivity contribution in [2.45, 2.75) is 6.92 Å². The summed E-state index contributed by atoms with van der Waals surface area (Å²) in [6.07, 6.45) is 0. The maximum absolute atomic E-state index is 11.0. The SMILES string of the molecule is CNc1ccc([N+](=O)[O-])c(Nc2ccc(C)cc2Cl)n1. The molecular formula is C13H13ClN4O2. The lowest BCUT2D eigenvalue weighted by Gasteiger charge is -2.10. The zero-order chi connectivity index (χ0) is 14.7. The van der Waals surface area contributed by atoms with Gasteiger partial charge in [0.25, 0.3) is 0 Å². The van der Waals surface area contributed by atoms with E-state index in [9.17, 15) is 10.1 Å². The fourth-order valence-corrected chi connectivity index (χ4v) is 1.96. The molecule has 0 aliphatic carbocycles. The first-order valence-corrected chi connectivity index (χ1v) is 6.25. The van der Waals surface area contributed by atoms with Gasteiger partial charge < -0.3 is 10.6 Å². The highest BCUT2D eigenvalue weighted by molar-refractivity contribution is 6.33. The van der Waals surface area contributed by atoms with Crippen LogP contribution in [0.4, 0.5) is 23.0 Å². The van der Waals surface area contributed by atoms with E-state index in [1.165, 1.54) is 6.07 Å². The molecule has 1 aromatic carbocycles. The molecule has 0 fully saturated rings. The Balaban J connectivity index is 2.43. The van der Waals surface area contributed by atoms with Gasteiger partial charge in [0.15, 0.2) is 0 Å². The number of nitrogens with one attached hydrogen (secondary N) is 2. The van der Waals surface area contributed by atoms with Crippen LogP contribution in [0.1, 0.15) is 5.56 Å². The van der Waals surface area contributed by atoms with E-state index in [4.69, 9.17) is 11.6 Å². The number of rotatable bonds is 4. The lowest BCUT2D eigenvalue weighted by Crippen LogP contribution is -2.02. The second-order valence-corrected chi connectivity index (χ2v) is 4.59. The molecule has 6 nitrogen and oxygen atoms in total. The first-order chi connectivity index (χ1) is 9.51. The number of aryl methyl sites for hydroxylation is 1. The van der Waals surface area contributed by atoms with Gasteiger partial charge in [0.05, 0.1) is 15.6 Å². The number of benzene rings is 1. The third-order valence-corrected chi connectivity index (χ3v) is 3.02. The Morgan fingerprint density at radius 2 is 2.05 bits per heavy atom. The highest BCUT2D eigenvalue weighted by atomic mass is 35.5. The molecule has 1 aromatic heterocycles. The molecule has 0 bridgehead atoms. The third kappa shape index (κ3) is 2.97. The average molecular weight is 293 g/mol. The molecule has 0 aliphatic heterocycles. The van der Waals surface area contributed by atoms with E-state index < -0.39 is 4.92 Å². The monoisotopic (exact) mass is 292 g/mol. The van der Waals surface area contributed by atoms with Crippen molar-refractivity contribution in [3.63, 3.8) is 0 Å².